The Labute approximate surface area is 112 Å². The Bertz CT molecular complexity index is 510. The number of halogens is 1. The second-order valence-corrected chi connectivity index (χ2v) is 4.22. The summed E-state index contributed by atoms with van der Waals surface area (Å²) in [5, 5.41) is 3.64. The van der Waals surface area contributed by atoms with Crippen molar-refractivity contribution < 1.29 is 9.15 Å². The Balaban J connectivity index is 2.33. The molecule has 0 aliphatic heterocycles. The third kappa shape index (κ3) is 2.68. The highest BCUT2D eigenvalue weighted by atomic mass is 35.5. The molecule has 0 bridgehead atoms. The van der Waals surface area contributed by atoms with Gasteiger partial charge >= 0.3 is 0 Å². The third-order valence-corrected chi connectivity index (χ3v) is 3.06. The lowest BCUT2D eigenvalue weighted by atomic mass is 10.0. The number of benzene rings is 1. The molecular formula is C14H16ClNO2. The molecule has 0 saturated carbocycles. The van der Waals surface area contributed by atoms with Gasteiger partial charge in [-0.25, -0.2) is 0 Å². The van der Waals surface area contributed by atoms with Crippen LogP contribution < -0.4 is 10.1 Å². The molecule has 18 heavy (non-hydrogen) atoms. The minimum atomic E-state index is -0.00310. The van der Waals surface area contributed by atoms with E-state index in [1.165, 1.54) is 0 Å². The van der Waals surface area contributed by atoms with Crippen molar-refractivity contribution in [3.05, 3.63) is 52.9 Å². The van der Waals surface area contributed by atoms with Gasteiger partial charge in [0.25, 0.3) is 0 Å². The summed E-state index contributed by atoms with van der Waals surface area (Å²) in [5.74, 6) is 0.856. The number of hydrogen-bond acceptors (Lipinski definition) is 3. The highest BCUT2D eigenvalue weighted by molar-refractivity contribution is 6.29. The van der Waals surface area contributed by atoms with Crippen molar-refractivity contribution in [1.82, 2.24) is 5.32 Å². The molecule has 1 heterocycles. The predicted octanol–water partition coefficient (Wildman–Crippen LogP) is 3.64. The smallest absolute Gasteiger partial charge is 0.198 e. The highest BCUT2D eigenvalue weighted by Gasteiger charge is 2.17. The zero-order valence-corrected chi connectivity index (χ0v) is 11.2. The molecule has 0 amide bonds. The molecule has 0 fully saturated rings. The highest BCUT2D eigenvalue weighted by Crippen LogP contribution is 2.30. The molecule has 0 aliphatic carbocycles. The summed E-state index contributed by atoms with van der Waals surface area (Å²) < 4.78 is 10.6. The number of hydrogen-bond donors (Lipinski definition) is 1. The summed E-state index contributed by atoms with van der Waals surface area (Å²) in [6.07, 6.45) is 1.59. The van der Waals surface area contributed by atoms with Crippen LogP contribution in [0.4, 0.5) is 0 Å². The molecule has 3 nitrogen and oxygen atoms in total. The quantitative estimate of drug-likeness (QED) is 0.896. The van der Waals surface area contributed by atoms with Crippen molar-refractivity contribution >= 4 is 11.6 Å². The van der Waals surface area contributed by atoms with Crippen LogP contribution in [0, 0.1) is 0 Å². The molecule has 1 atom stereocenters. The van der Waals surface area contributed by atoms with Crippen LogP contribution in [0.25, 0.3) is 0 Å². The number of furan rings is 1. The van der Waals surface area contributed by atoms with Crippen LogP contribution in [0.5, 0.6) is 5.75 Å². The van der Waals surface area contributed by atoms with Crippen LogP contribution in [0.1, 0.15) is 24.1 Å². The van der Waals surface area contributed by atoms with Crippen molar-refractivity contribution in [2.75, 3.05) is 13.7 Å². The lowest BCUT2D eigenvalue weighted by Crippen LogP contribution is -2.17. The van der Waals surface area contributed by atoms with E-state index in [0.29, 0.717) is 11.8 Å². The van der Waals surface area contributed by atoms with Gasteiger partial charge in [-0.2, -0.15) is 0 Å². The Morgan fingerprint density at radius 2 is 2.22 bits per heavy atom. The number of rotatable bonds is 5. The monoisotopic (exact) mass is 265 g/mol. The van der Waals surface area contributed by atoms with Crippen LogP contribution in [0.3, 0.4) is 0 Å². The van der Waals surface area contributed by atoms with Crippen molar-refractivity contribution in [1.29, 1.82) is 0 Å². The molecule has 0 spiro atoms. The van der Waals surface area contributed by atoms with Gasteiger partial charge in [0.15, 0.2) is 5.22 Å². The number of nitrogens with one attached hydrogen (secondary N) is 1. The first-order chi connectivity index (χ1) is 8.76. The lowest BCUT2D eigenvalue weighted by Gasteiger charge is -2.16. The fourth-order valence-corrected chi connectivity index (χ4v) is 2.19. The zero-order valence-electron chi connectivity index (χ0n) is 10.4. The second kappa shape index (κ2) is 5.94. The molecule has 1 unspecified atom stereocenters. The average Bonchev–Trinajstić information content (AvgIpc) is 2.78. The fraction of sp³-hybridized carbons (Fsp3) is 0.286. The minimum absolute atomic E-state index is 0.00310. The van der Waals surface area contributed by atoms with E-state index in [2.05, 4.69) is 5.32 Å². The Morgan fingerprint density at radius 1 is 1.39 bits per heavy atom. The first-order valence-electron chi connectivity index (χ1n) is 5.89. The molecule has 0 saturated heterocycles. The molecule has 4 heteroatoms. The van der Waals surface area contributed by atoms with E-state index in [1.807, 2.05) is 44.3 Å². The van der Waals surface area contributed by atoms with Gasteiger partial charge in [0.2, 0.25) is 0 Å². The van der Waals surface area contributed by atoms with Crippen molar-refractivity contribution in [2.24, 2.45) is 0 Å². The molecule has 1 aromatic heterocycles. The van der Waals surface area contributed by atoms with Gasteiger partial charge in [-0.1, -0.05) is 12.1 Å². The van der Waals surface area contributed by atoms with Gasteiger partial charge in [0.1, 0.15) is 5.75 Å². The summed E-state index contributed by atoms with van der Waals surface area (Å²) in [5.41, 5.74) is 2.01. The summed E-state index contributed by atoms with van der Waals surface area (Å²) in [6, 6.07) is 9.82. The summed E-state index contributed by atoms with van der Waals surface area (Å²) in [4.78, 5) is 0. The maximum atomic E-state index is 6.03. The van der Waals surface area contributed by atoms with Crippen molar-refractivity contribution in [3.63, 3.8) is 0 Å². The molecule has 2 aromatic rings. The molecule has 2 rings (SSSR count). The van der Waals surface area contributed by atoms with Gasteiger partial charge < -0.3 is 14.5 Å². The van der Waals surface area contributed by atoms with Crippen LogP contribution in [-0.2, 0) is 0 Å². The maximum absolute atomic E-state index is 6.03. The molecular weight excluding hydrogens is 250 g/mol. The van der Waals surface area contributed by atoms with E-state index in [1.54, 1.807) is 6.26 Å². The van der Waals surface area contributed by atoms with E-state index in [9.17, 15) is 0 Å². The minimum Gasteiger partial charge on any atom is -0.494 e. The SMILES string of the molecule is CCOc1cccc(C(NC)c2ccoc2Cl)c1. The largest absolute Gasteiger partial charge is 0.494 e. The van der Waals surface area contributed by atoms with Gasteiger partial charge in [-0.15, -0.1) is 0 Å². The molecule has 1 aromatic carbocycles. The average molecular weight is 266 g/mol. The van der Waals surface area contributed by atoms with E-state index < -0.39 is 0 Å². The summed E-state index contributed by atoms with van der Waals surface area (Å²) in [7, 11) is 1.89. The van der Waals surface area contributed by atoms with Gasteiger partial charge in [-0.05, 0) is 49.3 Å². The topological polar surface area (TPSA) is 34.4 Å². The second-order valence-electron chi connectivity index (χ2n) is 3.88. The van der Waals surface area contributed by atoms with E-state index in [-0.39, 0.29) is 6.04 Å². The van der Waals surface area contributed by atoms with E-state index in [0.717, 1.165) is 16.9 Å². The maximum Gasteiger partial charge on any atom is 0.198 e. The Hall–Kier alpha value is -1.45. The Kier molecular flexibility index (Phi) is 4.28. The first-order valence-corrected chi connectivity index (χ1v) is 6.27. The lowest BCUT2D eigenvalue weighted by molar-refractivity contribution is 0.339. The molecule has 1 N–H and O–H groups in total. The zero-order chi connectivity index (χ0) is 13.0. The molecule has 96 valence electrons. The standard InChI is InChI=1S/C14H16ClNO2/c1-3-17-11-6-4-5-10(9-11)13(16-2)12-7-8-18-14(12)15/h4-9,13,16H,3H2,1-2H3. The Morgan fingerprint density at radius 3 is 2.83 bits per heavy atom. The van der Waals surface area contributed by atoms with Gasteiger partial charge in [-0.3, -0.25) is 0 Å². The first kappa shape index (κ1) is 13.0. The van der Waals surface area contributed by atoms with Gasteiger partial charge in [0, 0.05) is 5.56 Å². The third-order valence-electron chi connectivity index (χ3n) is 2.75. The molecule has 0 radical (unpaired) electrons. The van der Waals surface area contributed by atoms with Crippen molar-refractivity contribution in [3.8, 4) is 5.75 Å². The van der Waals surface area contributed by atoms with E-state index >= 15 is 0 Å². The van der Waals surface area contributed by atoms with E-state index in [4.69, 9.17) is 20.8 Å². The predicted molar refractivity (Wildman–Crippen MR) is 72.2 cm³/mol. The number of ether oxygens (including phenoxy) is 1. The van der Waals surface area contributed by atoms with Gasteiger partial charge in [0.05, 0.1) is 18.9 Å². The summed E-state index contributed by atoms with van der Waals surface area (Å²) >= 11 is 6.03. The normalized spacial score (nSPS) is 12.4. The molecule has 0 aliphatic rings. The summed E-state index contributed by atoms with van der Waals surface area (Å²) in [6.45, 7) is 2.62. The van der Waals surface area contributed by atoms with Crippen LogP contribution >= 0.6 is 11.6 Å². The van der Waals surface area contributed by atoms with Crippen LogP contribution in [-0.4, -0.2) is 13.7 Å². The van der Waals surface area contributed by atoms with Crippen LogP contribution in [0.15, 0.2) is 41.0 Å². The van der Waals surface area contributed by atoms with Crippen molar-refractivity contribution in [2.45, 2.75) is 13.0 Å². The fourth-order valence-electron chi connectivity index (χ4n) is 1.96. The van der Waals surface area contributed by atoms with Crippen LogP contribution in [0.2, 0.25) is 5.22 Å².